The zero-order chi connectivity index (χ0) is 24.9. The molecule has 3 atom stereocenters. The van der Waals surface area contributed by atoms with Crippen molar-refractivity contribution in [2.75, 3.05) is 40.0 Å². The molecule has 1 saturated heterocycles. The van der Waals surface area contributed by atoms with Crippen LogP contribution in [-0.2, 0) is 9.53 Å². The Hall–Kier alpha value is -2.45. The summed E-state index contributed by atoms with van der Waals surface area (Å²) in [5, 5.41) is 9.88. The van der Waals surface area contributed by atoms with Crippen LogP contribution in [0, 0.1) is 11.8 Å². The number of ether oxygens (including phenoxy) is 2. The van der Waals surface area contributed by atoms with E-state index in [0.717, 1.165) is 37.7 Å². The molecule has 1 aromatic heterocycles. The second-order valence-corrected chi connectivity index (χ2v) is 10.3. The molecule has 1 fully saturated rings. The number of aromatic nitrogens is 1. The second-order valence-electron chi connectivity index (χ2n) is 10.3. The summed E-state index contributed by atoms with van der Waals surface area (Å²) in [5.74, 6) is 0.143. The number of carbonyl (C=O) groups excluding carboxylic acids is 2. The lowest BCUT2D eigenvalue weighted by Crippen LogP contribution is -2.51. The summed E-state index contributed by atoms with van der Waals surface area (Å²) in [4.78, 5) is 34.8. The van der Waals surface area contributed by atoms with Crippen molar-refractivity contribution in [2.45, 2.75) is 64.5 Å². The van der Waals surface area contributed by atoms with E-state index in [0.29, 0.717) is 37.7 Å². The average Bonchev–Trinajstić information content (AvgIpc) is 2.90. The minimum Gasteiger partial charge on any atom is -0.472 e. The molecule has 35 heavy (non-hydrogen) atoms. The van der Waals surface area contributed by atoms with Gasteiger partial charge in [0, 0.05) is 44.8 Å². The van der Waals surface area contributed by atoms with E-state index in [1.165, 1.54) is 12.0 Å². The fraction of sp³-hybridized carbons (Fsp3) is 0.667. The molecular weight excluding hydrogens is 446 g/mol. The predicted molar refractivity (Wildman–Crippen MR) is 133 cm³/mol. The lowest BCUT2D eigenvalue weighted by molar-refractivity contribution is -0.138. The van der Waals surface area contributed by atoms with Crippen LogP contribution >= 0.6 is 0 Å². The number of nitrogens with zero attached hydrogens (tertiary/aromatic N) is 3. The lowest BCUT2D eigenvalue weighted by Gasteiger charge is -2.38. The molecule has 0 saturated carbocycles. The van der Waals surface area contributed by atoms with Crippen molar-refractivity contribution >= 4 is 17.4 Å². The van der Waals surface area contributed by atoms with Crippen LogP contribution in [0.5, 0.6) is 5.88 Å². The number of rotatable bonds is 6. The third kappa shape index (κ3) is 5.86. The van der Waals surface area contributed by atoms with Crippen LogP contribution in [-0.4, -0.2) is 83.8 Å². The van der Waals surface area contributed by atoms with Crippen molar-refractivity contribution in [1.82, 2.24) is 14.8 Å². The van der Waals surface area contributed by atoms with Gasteiger partial charge < -0.3 is 24.4 Å². The molecule has 192 valence electrons. The van der Waals surface area contributed by atoms with Gasteiger partial charge >= 0.3 is 0 Å². The van der Waals surface area contributed by atoms with Gasteiger partial charge in [0.2, 0.25) is 11.8 Å². The smallest absolute Gasteiger partial charge is 0.259 e. The number of carbonyl (C=O) groups is 2. The SMILES string of the molecule is C[C@@H]1CN([C@H](C)CO)C(=O)c2cc(C3=CCCCC3)cnc2O[C@H]1CN(C)C(=O)C1CCOCC1. The van der Waals surface area contributed by atoms with Crippen LogP contribution < -0.4 is 4.74 Å². The maximum atomic E-state index is 13.6. The van der Waals surface area contributed by atoms with E-state index in [4.69, 9.17) is 9.47 Å². The lowest BCUT2D eigenvalue weighted by atomic mass is 9.93. The summed E-state index contributed by atoms with van der Waals surface area (Å²) in [6.45, 7) is 5.81. The van der Waals surface area contributed by atoms with E-state index in [9.17, 15) is 14.7 Å². The first-order valence-corrected chi connectivity index (χ1v) is 13.0. The highest BCUT2D eigenvalue weighted by molar-refractivity contribution is 5.97. The molecule has 3 heterocycles. The summed E-state index contributed by atoms with van der Waals surface area (Å²) in [6, 6.07) is 1.55. The van der Waals surface area contributed by atoms with E-state index in [1.807, 2.05) is 27.0 Å². The summed E-state index contributed by atoms with van der Waals surface area (Å²) in [7, 11) is 1.82. The molecule has 1 aliphatic carbocycles. The molecule has 0 aromatic carbocycles. The van der Waals surface area contributed by atoms with Gasteiger partial charge in [-0.3, -0.25) is 9.59 Å². The molecule has 0 unspecified atom stereocenters. The molecule has 8 nitrogen and oxygen atoms in total. The van der Waals surface area contributed by atoms with Crippen molar-refractivity contribution in [3.05, 3.63) is 29.5 Å². The first-order valence-electron chi connectivity index (χ1n) is 13.0. The number of likely N-dealkylation sites (N-methyl/N-ethyl adjacent to an activating group) is 1. The number of hydrogen-bond donors (Lipinski definition) is 1. The average molecular weight is 486 g/mol. The number of pyridine rings is 1. The molecule has 1 aromatic rings. The maximum absolute atomic E-state index is 13.6. The molecule has 0 spiro atoms. The van der Waals surface area contributed by atoms with E-state index >= 15 is 0 Å². The Labute approximate surface area is 208 Å². The Kier molecular flexibility index (Phi) is 8.44. The third-order valence-electron chi connectivity index (χ3n) is 7.58. The van der Waals surface area contributed by atoms with Gasteiger partial charge in [-0.25, -0.2) is 4.98 Å². The minimum absolute atomic E-state index is 0.0261. The summed E-state index contributed by atoms with van der Waals surface area (Å²) in [6.07, 6.45) is 9.51. The Balaban J connectivity index is 1.62. The molecule has 1 N–H and O–H groups in total. The van der Waals surface area contributed by atoms with Crippen LogP contribution in [0.3, 0.4) is 0 Å². The van der Waals surface area contributed by atoms with Gasteiger partial charge in [0.25, 0.3) is 5.91 Å². The Morgan fingerprint density at radius 3 is 2.77 bits per heavy atom. The fourth-order valence-electron chi connectivity index (χ4n) is 5.21. The van der Waals surface area contributed by atoms with Crippen molar-refractivity contribution < 1.29 is 24.2 Å². The van der Waals surface area contributed by atoms with Gasteiger partial charge in [0.05, 0.1) is 19.2 Å². The van der Waals surface area contributed by atoms with Gasteiger partial charge in [0.1, 0.15) is 11.7 Å². The highest BCUT2D eigenvalue weighted by Crippen LogP contribution is 2.32. The zero-order valence-electron chi connectivity index (χ0n) is 21.2. The predicted octanol–water partition coefficient (Wildman–Crippen LogP) is 3.14. The summed E-state index contributed by atoms with van der Waals surface area (Å²) < 4.78 is 11.8. The van der Waals surface area contributed by atoms with Gasteiger partial charge in [-0.1, -0.05) is 13.0 Å². The topological polar surface area (TPSA) is 92.2 Å². The van der Waals surface area contributed by atoms with Crippen LogP contribution in [0.15, 0.2) is 18.3 Å². The number of aliphatic hydroxyl groups is 1. The molecule has 8 heteroatoms. The van der Waals surface area contributed by atoms with Crippen LogP contribution in [0.25, 0.3) is 5.57 Å². The van der Waals surface area contributed by atoms with Crippen molar-refractivity contribution in [3.8, 4) is 5.88 Å². The van der Waals surface area contributed by atoms with Crippen molar-refractivity contribution in [3.63, 3.8) is 0 Å². The van der Waals surface area contributed by atoms with E-state index < -0.39 is 0 Å². The largest absolute Gasteiger partial charge is 0.472 e. The minimum atomic E-state index is -0.337. The monoisotopic (exact) mass is 485 g/mol. The summed E-state index contributed by atoms with van der Waals surface area (Å²) in [5.41, 5.74) is 2.59. The van der Waals surface area contributed by atoms with Gasteiger partial charge in [-0.05, 0) is 62.7 Å². The molecule has 0 bridgehead atoms. The number of hydrogen-bond acceptors (Lipinski definition) is 6. The van der Waals surface area contributed by atoms with Gasteiger partial charge in [-0.15, -0.1) is 0 Å². The van der Waals surface area contributed by atoms with Crippen molar-refractivity contribution in [2.24, 2.45) is 11.8 Å². The zero-order valence-corrected chi connectivity index (χ0v) is 21.2. The Morgan fingerprint density at radius 1 is 1.31 bits per heavy atom. The standard InChI is InChI=1S/C27H39N3O5/c1-18-15-30(19(2)17-31)27(33)23-13-22(20-7-5-4-6-8-20)14-28-25(23)35-24(18)16-29(3)26(32)21-9-11-34-12-10-21/h7,13-14,18-19,21,24,31H,4-6,8-12,15-17H2,1-3H3/t18-,19-,24+/m1/s1. The van der Waals surface area contributed by atoms with Gasteiger partial charge in [0.15, 0.2) is 0 Å². The van der Waals surface area contributed by atoms with E-state index in [2.05, 4.69) is 11.1 Å². The van der Waals surface area contributed by atoms with Crippen LogP contribution in [0.4, 0.5) is 0 Å². The quantitative estimate of drug-likeness (QED) is 0.666. The van der Waals surface area contributed by atoms with Gasteiger partial charge in [-0.2, -0.15) is 0 Å². The number of fused-ring (bicyclic) bond motifs is 1. The van der Waals surface area contributed by atoms with E-state index in [-0.39, 0.29) is 42.4 Å². The second kappa shape index (κ2) is 11.5. The number of aliphatic hydroxyl groups excluding tert-OH is 1. The molecule has 2 aliphatic heterocycles. The molecular formula is C27H39N3O5. The molecule has 0 radical (unpaired) electrons. The van der Waals surface area contributed by atoms with Crippen LogP contribution in [0.1, 0.15) is 68.3 Å². The molecule has 3 aliphatic rings. The first-order chi connectivity index (χ1) is 16.9. The molecule has 2 amide bonds. The fourth-order valence-corrected chi connectivity index (χ4v) is 5.21. The third-order valence-corrected chi connectivity index (χ3v) is 7.58. The van der Waals surface area contributed by atoms with Crippen LogP contribution in [0.2, 0.25) is 0 Å². The highest BCUT2D eigenvalue weighted by atomic mass is 16.5. The Bertz CT molecular complexity index is 943. The normalized spacial score (nSPS) is 24.5. The maximum Gasteiger partial charge on any atom is 0.259 e. The number of amides is 2. The molecule has 4 rings (SSSR count). The first kappa shape index (κ1) is 25.6. The van der Waals surface area contributed by atoms with Crippen molar-refractivity contribution in [1.29, 1.82) is 0 Å². The van der Waals surface area contributed by atoms with E-state index in [1.54, 1.807) is 16.0 Å². The number of allylic oxidation sites excluding steroid dienone is 2. The highest BCUT2D eigenvalue weighted by Gasteiger charge is 2.35. The summed E-state index contributed by atoms with van der Waals surface area (Å²) >= 11 is 0. The Morgan fingerprint density at radius 2 is 2.09 bits per heavy atom.